The minimum Gasteiger partial charge on any atom is -0.336 e. The summed E-state index contributed by atoms with van der Waals surface area (Å²) in [7, 11) is 0. The van der Waals surface area contributed by atoms with Gasteiger partial charge in [0.15, 0.2) is 5.69 Å². The van der Waals surface area contributed by atoms with Crippen molar-refractivity contribution in [1.82, 2.24) is 29.8 Å². The lowest BCUT2D eigenvalue weighted by molar-refractivity contribution is 0.0754. The van der Waals surface area contributed by atoms with Crippen LogP contribution in [0.1, 0.15) is 28.2 Å². The number of carbonyl (C=O) groups excluding carboxylic acids is 1. The first-order chi connectivity index (χ1) is 13.7. The van der Waals surface area contributed by atoms with Crippen LogP contribution in [-0.4, -0.2) is 61.9 Å². The van der Waals surface area contributed by atoms with Crippen molar-refractivity contribution in [2.75, 3.05) is 26.2 Å². The quantitative estimate of drug-likeness (QED) is 0.699. The monoisotopic (exact) mass is 376 g/mol. The predicted molar refractivity (Wildman–Crippen MR) is 106 cm³/mol. The van der Waals surface area contributed by atoms with Crippen molar-refractivity contribution in [3.63, 3.8) is 0 Å². The van der Waals surface area contributed by atoms with Gasteiger partial charge in [0, 0.05) is 45.1 Å². The molecule has 1 fully saturated rings. The van der Waals surface area contributed by atoms with Crippen LogP contribution in [0.15, 0.2) is 54.9 Å². The minimum atomic E-state index is -0.0390. The Balaban J connectivity index is 1.43. The van der Waals surface area contributed by atoms with Gasteiger partial charge in [-0.3, -0.25) is 14.7 Å². The van der Waals surface area contributed by atoms with Gasteiger partial charge in [-0.1, -0.05) is 24.3 Å². The van der Waals surface area contributed by atoms with Crippen molar-refractivity contribution in [2.45, 2.75) is 19.9 Å². The lowest BCUT2D eigenvalue weighted by atomic mass is 10.2. The fourth-order valence-corrected chi connectivity index (χ4v) is 3.48. The number of hydrogen-bond acceptors (Lipinski definition) is 5. The van der Waals surface area contributed by atoms with Crippen LogP contribution >= 0.6 is 0 Å². The number of carbonyl (C=O) groups is 1. The maximum atomic E-state index is 13.1. The van der Waals surface area contributed by atoms with Gasteiger partial charge >= 0.3 is 0 Å². The molecule has 3 heterocycles. The molecule has 0 unspecified atom stereocenters. The van der Waals surface area contributed by atoms with Crippen LogP contribution in [0.3, 0.4) is 0 Å². The van der Waals surface area contributed by atoms with Crippen LogP contribution in [0.5, 0.6) is 0 Å². The summed E-state index contributed by atoms with van der Waals surface area (Å²) in [6.45, 7) is 5.93. The molecule has 0 atom stereocenters. The zero-order chi connectivity index (χ0) is 19.3. The van der Waals surface area contributed by atoms with Gasteiger partial charge in [-0.15, -0.1) is 5.10 Å². The smallest absolute Gasteiger partial charge is 0.276 e. The Labute approximate surface area is 164 Å². The largest absolute Gasteiger partial charge is 0.336 e. The highest BCUT2D eigenvalue weighted by Gasteiger charge is 2.25. The van der Waals surface area contributed by atoms with Gasteiger partial charge in [0.05, 0.1) is 11.4 Å². The average Bonchev–Trinajstić information content (AvgIpc) is 2.97. The van der Waals surface area contributed by atoms with E-state index < -0.39 is 0 Å². The highest BCUT2D eigenvalue weighted by molar-refractivity contribution is 5.93. The van der Waals surface area contributed by atoms with E-state index in [0.717, 1.165) is 38.3 Å². The molecule has 1 aliphatic heterocycles. The lowest BCUT2D eigenvalue weighted by Gasteiger charge is -2.21. The van der Waals surface area contributed by atoms with Crippen molar-refractivity contribution < 1.29 is 4.79 Å². The number of para-hydroxylation sites is 1. The molecule has 2 aromatic heterocycles. The van der Waals surface area contributed by atoms with Gasteiger partial charge in [-0.25, -0.2) is 0 Å². The third kappa shape index (κ3) is 4.09. The fraction of sp³-hybridized carbons (Fsp3) is 0.333. The van der Waals surface area contributed by atoms with Gasteiger partial charge < -0.3 is 4.90 Å². The van der Waals surface area contributed by atoms with E-state index in [-0.39, 0.29) is 5.91 Å². The highest BCUT2D eigenvalue weighted by Crippen LogP contribution is 2.14. The Kier molecular flexibility index (Phi) is 5.43. The zero-order valence-corrected chi connectivity index (χ0v) is 16.0. The first-order valence-electron chi connectivity index (χ1n) is 9.60. The number of rotatable bonds is 4. The van der Waals surface area contributed by atoms with E-state index in [2.05, 4.69) is 26.1 Å². The summed E-state index contributed by atoms with van der Waals surface area (Å²) in [6, 6.07) is 13.7. The first kappa shape index (κ1) is 18.3. The summed E-state index contributed by atoms with van der Waals surface area (Å²) in [5.74, 6) is -0.0390. The van der Waals surface area contributed by atoms with Crippen LogP contribution < -0.4 is 0 Å². The number of aryl methyl sites for hydroxylation is 1. The van der Waals surface area contributed by atoms with Gasteiger partial charge in [0.2, 0.25) is 0 Å². The van der Waals surface area contributed by atoms with E-state index in [1.807, 2.05) is 54.4 Å². The molecule has 7 heteroatoms. The van der Waals surface area contributed by atoms with Crippen LogP contribution in [0, 0.1) is 6.92 Å². The first-order valence-corrected chi connectivity index (χ1v) is 9.60. The summed E-state index contributed by atoms with van der Waals surface area (Å²) < 4.78 is 0. The molecule has 0 saturated carbocycles. The summed E-state index contributed by atoms with van der Waals surface area (Å²) in [5, 5.41) is 8.90. The molecule has 1 saturated heterocycles. The summed E-state index contributed by atoms with van der Waals surface area (Å²) in [5.41, 5.74) is 3.14. The molecule has 0 spiro atoms. The average molecular weight is 376 g/mol. The Bertz CT molecular complexity index is 925. The Morgan fingerprint density at radius 3 is 2.64 bits per heavy atom. The van der Waals surface area contributed by atoms with Gasteiger partial charge in [0.1, 0.15) is 0 Å². The van der Waals surface area contributed by atoms with Crippen LogP contribution in [0.25, 0.3) is 5.69 Å². The van der Waals surface area contributed by atoms with E-state index in [4.69, 9.17) is 0 Å². The van der Waals surface area contributed by atoms with E-state index in [0.29, 0.717) is 17.9 Å². The standard InChI is InChI=1S/C21H24N6O/c1-17-20(24-27(23-17)19-8-3-2-4-9-19)21(28)26-12-6-11-25(13-14-26)16-18-7-5-10-22-15-18/h2-5,7-10,15H,6,11-14,16H2,1H3. The van der Waals surface area contributed by atoms with Gasteiger partial charge in [0.25, 0.3) is 5.91 Å². The third-order valence-electron chi connectivity index (χ3n) is 4.98. The van der Waals surface area contributed by atoms with Crippen molar-refractivity contribution in [1.29, 1.82) is 0 Å². The van der Waals surface area contributed by atoms with Crippen molar-refractivity contribution in [3.05, 3.63) is 71.8 Å². The van der Waals surface area contributed by atoms with Crippen LogP contribution in [0.4, 0.5) is 0 Å². The maximum Gasteiger partial charge on any atom is 0.276 e. The van der Waals surface area contributed by atoms with E-state index >= 15 is 0 Å². The second-order valence-corrected chi connectivity index (χ2v) is 7.04. The molecule has 3 aromatic rings. The zero-order valence-electron chi connectivity index (χ0n) is 16.0. The SMILES string of the molecule is Cc1nn(-c2ccccc2)nc1C(=O)N1CCCN(Cc2cccnc2)CC1. The molecule has 0 bridgehead atoms. The van der Waals surface area contributed by atoms with Crippen molar-refractivity contribution in [2.24, 2.45) is 0 Å². The molecular weight excluding hydrogens is 352 g/mol. The molecule has 28 heavy (non-hydrogen) atoms. The predicted octanol–water partition coefficient (Wildman–Crippen LogP) is 2.32. The van der Waals surface area contributed by atoms with Crippen LogP contribution in [0.2, 0.25) is 0 Å². The number of nitrogens with zero attached hydrogens (tertiary/aromatic N) is 6. The lowest BCUT2D eigenvalue weighted by Crippen LogP contribution is -2.35. The summed E-state index contributed by atoms with van der Waals surface area (Å²) in [4.78, 5) is 23.1. The van der Waals surface area contributed by atoms with Gasteiger partial charge in [-0.2, -0.15) is 9.90 Å². The Morgan fingerprint density at radius 1 is 1.00 bits per heavy atom. The molecule has 1 amide bonds. The van der Waals surface area contributed by atoms with Crippen molar-refractivity contribution in [3.8, 4) is 5.69 Å². The second kappa shape index (κ2) is 8.31. The molecule has 0 N–H and O–H groups in total. The Hall–Kier alpha value is -3.06. The molecule has 4 rings (SSSR count). The molecule has 1 aromatic carbocycles. The molecular formula is C21H24N6O. The normalized spacial score (nSPS) is 15.4. The molecule has 0 aliphatic carbocycles. The summed E-state index contributed by atoms with van der Waals surface area (Å²) >= 11 is 0. The van der Waals surface area contributed by atoms with E-state index in [1.165, 1.54) is 10.4 Å². The number of benzene rings is 1. The Morgan fingerprint density at radius 2 is 1.86 bits per heavy atom. The topological polar surface area (TPSA) is 67.2 Å². The summed E-state index contributed by atoms with van der Waals surface area (Å²) in [6.07, 6.45) is 4.63. The number of aromatic nitrogens is 4. The molecule has 144 valence electrons. The maximum absolute atomic E-state index is 13.1. The highest BCUT2D eigenvalue weighted by atomic mass is 16.2. The fourth-order valence-electron chi connectivity index (χ4n) is 3.48. The van der Waals surface area contributed by atoms with Crippen molar-refractivity contribution >= 4 is 5.91 Å². The number of amides is 1. The van der Waals surface area contributed by atoms with Gasteiger partial charge in [-0.05, 0) is 37.1 Å². The van der Waals surface area contributed by atoms with E-state index in [9.17, 15) is 4.79 Å². The minimum absolute atomic E-state index is 0.0390. The number of hydrogen-bond donors (Lipinski definition) is 0. The molecule has 7 nitrogen and oxygen atoms in total. The van der Waals surface area contributed by atoms with Crippen LogP contribution in [-0.2, 0) is 6.54 Å². The second-order valence-electron chi connectivity index (χ2n) is 7.04. The van der Waals surface area contributed by atoms with E-state index in [1.54, 1.807) is 6.20 Å². The number of pyridine rings is 1. The molecule has 0 radical (unpaired) electrons. The third-order valence-corrected chi connectivity index (χ3v) is 4.98. The molecule has 1 aliphatic rings.